The number of amides is 4. The van der Waals surface area contributed by atoms with Crippen LogP contribution in [0.4, 0.5) is 9.59 Å². The zero-order valence-corrected chi connectivity index (χ0v) is 45.4. The van der Waals surface area contributed by atoms with Crippen molar-refractivity contribution in [3.8, 4) is 39.5 Å². The topological polar surface area (TPSA) is 211 Å². The van der Waals surface area contributed by atoms with E-state index in [0.29, 0.717) is 44.1 Å². The summed E-state index contributed by atoms with van der Waals surface area (Å²) in [5.74, 6) is 1.74. The lowest BCUT2D eigenvalue weighted by Crippen LogP contribution is -2.56. The maximum Gasteiger partial charge on any atom is 0.407 e. The van der Waals surface area contributed by atoms with Gasteiger partial charge in [-0.25, -0.2) is 24.5 Å². The number of methoxy groups -OCH3 is 2. The summed E-state index contributed by atoms with van der Waals surface area (Å²) in [4.78, 5) is 80.2. The third kappa shape index (κ3) is 9.88. The Morgan fingerprint density at radius 1 is 0.893 bits per heavy atom. The molecule has 8 atom stereocenters. The van der Waals surface area contributed by atoms with E-state index in [1.54, 1.807) is 11.3 Å². The van der Waals surface area contributed by atoms with Gasteiger partial charge in [-0.15, -0.1) is 11.3 Å². The summed E-state index contributed by atoms with van der Waals surface area (Å²) in [6.07, 6.45) is 9.24. The lowest BCUT2D eigenvalue weighted by molar-refractivity contribution is -0.141. The smallest absolute Gasteiger partial charge is 0.407 e. The first-order chi connectivity index (χ1) is 36.0. The molecule has 75 heavy (non-hydrogen) atoms. The van der Waals surface area contributed by atoms with Crippen molar-refractivity contribution in [2.45, 2.75) is 142 Å². The number of carbonyl (C=O) groups is 4. The first-order valence-electron chi connectivity index (χ1n) is 26.4. The minimum Gasteiger partial charge on any atom is -0.464 e. The number of hydrogen-bond acceptors (Lipinski definition) is 12. The van der Waals surface area contributed by atoms with Gasteiger partial charge in [0.05, 0.1) is 76.8 Å². The molecular weight excluding hydrogens is 973 g/mol. The Hall–Kier alpha value is -6.73. The second-order valence-electron chi connectivity index (χ2n) is 21.8. The van der Waals surface area contributed by atoms with Crippen LogP contribution < -0.4 is 15.4 Å². The van der Waals surface area contributed by atoms with Crippen LogP contribution >= 0.6 is 11.3 Å². The fourth-order valence-corrected chi connectivity index (χ4v) is 13.0. The van der Waals surface area contributed by atoms with Crippen molar-refractivity contribution in [1.82, 2.24) is 49.9 Å². The quantitative estimate of drug-likeness (QED) is 0.0855. The molecule has 0 aliphatic carbocycles. The largest absolute Gasteiger partial charge is 0.464 e. The number of rotatable bonds is 13. The van der Waals surface area contributed by atoms with Gasteiger partial charge in [0.25, 0.3) is 0 Å². The van der Waals surface area contributed by atoms with Crippen molar-refractivity contribution in [1.29, 1.82) is 0 Å². The van der Waals surface area contributed by atoms with E-state index in [2.05, 4.69) is 89.3 Å². The Labute approximate surface area is 441 Å². The molecular formula is C56H70N10O8S. The average Bonchev–Trinajstić information content (AvgIpc) is 4.26. The number of ether oxygens (including phenoxy) is 4. The summed E-state index contributed by atoms with van der Waals surface area (Å²) in [6.45, 7) is 17.4. The monoisotopic (exact) mass is 1040 g/mol. The third-order valence-corrected chi connectivity index (χ3v) is 17.0. The Kier molecular flexibility index (Phi) is 14.3. The predicted octanol–water partition coefficient (Wildman–Crippen LogP) is 10.0. The summed E-state index contributed by atoms with van der Waals surface area (Å²) in [7, 11) is 2.61. The number of imidazole rings is 2. The van der Waals surface area contributed by atoms with E-state index in [4.69, 9.17) is 33.9 Å². The highest BCUT2D eigenvalue weighted by atomic mass is 32.1. The number of likely N-dealkylation sites (tertiary alicyclic amines) is 2. The second-order valence-corrected chi connectivity index (χ2v) is 23.0. The van der Waals surface area contributed by atoms with Crippen molar-refractivity contribution in [3.63, 3.8) is 0 Å². The number of aryl methyl sites for hydroxylation is 2. The highest BCUT2D eigenvalue weighted by Crippen LogP contribution is 2.49. The molecule has 4 aliphatic rings. The van der Waals surface area contributed by atoms with E-state index < -0.39 is 36.1 Å². The number of aromatic amines is 2. The molecule has 0 bridgehead atoms. The Bertz CT molecular complexity index is 3120. The van der Waals surface area contributed by atoms with Crippen LogP contribution in [0.25, 0.3) is 44.7 Å². The fourth-order valence-electron chi connectivity index (χ4n) is 11.9. The van der Waals surface area contributed by atoms with E-state index in [-0.39, 0.29) is 47.7 Å². The molecule has 4 amide bonds. The fraction of sp³-hybridized carbons (Fsp3) is 0.518. The van der Waals surface area contributed by atoms with Gasteiger partial charge >= 0.3 is 12.2 Å². The van der Waals surface area contributed by atoms with E-state index in [9.17, 15) is 19.2 Å². The second kappa shape index (κ2) is 20.8. The summed E-state index contributed by atoms with van der Waals surface area (Å²) < 4.78 is 25.3. The third-order valence-electron chi connectivity index (χ3n) is 15.9. The number of alkyl carbamates (subject to hydrolysis) is 2. The molecule has 4 aromatic heterocycles. The number of benzene rings is 2. The van der Waals surface area contributed by atoms with Gasteiger partial charge in [-0.3, -0.25) is 14.2 Å². The zero-order valence-electron chi connectivity index (χ0n) is 44.6. The Morgan fingerprint density at radius 3 is 2.32 bits per heavy atom. The number of hydrogen-bond donors (Lipinski definition) is 4. The number of nitrogens with zero attached hydrogens (tertiary/aromatic N) is 6. The van der Waals surface area contributed by atoms with Crippen LogP contribution in [0.1, 0.15) is 132 Å². The van der Waals surface area contributed by atoms with Gasteiger partial charge in [0, 0.05) is 47.5 Å². The molecule has 8 heterocycles. The number of fused-ring (bicyclic) bond motifs is 5. The SMILES string of the molecule is CCCc1ncc(C2Oc3cc(-c4cnc([C@@H]5CCCN5C(=O)[C@@H](NC(=O)OC)C(C)C)[nH]4)cc(C)c3-c3cc4cc(-c5cnc([C@@H]6C[C@@H](C)[C@@H](C)N6C(=O)C(NC(=O)OC)C6CCOC(C)(C)C6)[nH]5)ccc4n32)s1. The van der Waals surface area contributed by atoms with E-state index in [1.165, 1.54) is 14.2 Å². The first kappa shape index (κ1) is 51.7. The standard InChI is InChI=1S/C56H70N10O8S/c1-11-13-45-57-28-44(75-45)53-66-39-16-15-33(37-26-59-50(60-37)42-21-30(4)32(6)65(42)52(68)48(63-55(70)72-10)34-17-19-73-56(7,8)25-34)22-36(39)23-41(66)46-31(5)20-35(24-43(46)74-53)38-27-58-49(61-38)40-14-12-18-64(40)51(67)47(29(2)3)62-54(69)71-9/h15-16,20,22-24,26-30,32,34,40,42,47-48,53H,11-14,17-19,21,25H2,1-10H3,(H,58,61)(H,59,60)(H,62,69)(H,63,70)/t30-,32-,34?,40+,42+,47+,48?,53?/m1/s1. The van der Waals surface area contributed by atoms with Crippen LogP contribution in [0.5, 0.6) is 5.75 Å². The van der Waals surface area contributed by atoms with Crippen molar-refractivity contribution < 1.29 is 38.1 Å². The molecule has 398 valence electrons. The van der Waals surface area contributed by atoms with Crippen LogP contribution in [-0.4, -0.2) is 114 Å². The molecule has 2 aromatic carbocycles. The molecule has 4 N–H and O–H groups in total. The Balaban J connectivity index is 0.964. The number of nitrogens with one attached hydrogen (secondary N) is 4. The van der Waals surface area contributed by atoms with Gasteiger partial charge in [-0.05, 0) is 126 Å². The molecule has 10 rings (SSSR count). The van der Waals surface area contributed by atoms with Gasteiger partial charge in [-0.2, -0.15) is 0 Å². The van der Waals surface area contributed by atoms with E-state index in [0.717, 1.165) is 91.6 Å². The molecule has 3 saturated heterocycles. The highest BCUT2D eigenvalue weighted by molar-refractivity contribution is 7.11. The van der Waals surface area contributed by atoms with Gasteiger partial charge in [0.15, 0.2) is 0 Å². The lowest BCUT2D eigenvalue weighted by Gasteiger charge is -2.41. The molecule has 3 unspecified atom stereocenters. The summed E-state index contributed by atoms with van der Waals surface area (Å²) in [6, 6.07) is 10.7. The van der Waals surface area contributed by atoms with Crippen LogP contribution in [0, 0.1) is 24.7 Å². The van der Waals surface area contributed by atoms with Crippen LogP contribution in [0.3, 0.4) is 0 Å². The molecule has 18 nitrogen and oxygen atoms in total. The minimum absolute atomic E-state index is 0.0944. The molecule has 3 fully saturated rings. The van der Waals surface area contributed by atoms with Gasteiger partial charge in [0.2, 0.25) is 18.0 Å². The molecule has 0 spiro atoms. The molecule has 0 radical (unpaired) electrons. The predicted molar refractivity (Wildman–Crippen MR) is 285 cm³/mol. The van der Waals surface area contributed by atoms with Crippen molar-refractivity contribution in [3.05, 3.63) is 82.1 Å². The highest BCUT2D eigenvalue weighted by Gasteiger charge is 2.47. The van der Waals surface area contributed by atoms with Crippen LogP contribution in [0.15, 0.2) is 55.0 Å². The van der Waals surface area contributed by atoms with Gasteiger partial charge < -0.3 is 49.3 Å². The van der Waals surface area contributed by atoms with Crippen molar-refractivity contribution in [2.24, 2.45) is 17.8 Å². The number of H-pyrrole nitrogens is 2. The average molecular weight is 1040 g/mol. The van der Waals surface area contributed by atoms with E-state index in [1.807, 2.05) is 56.1 Å². The molecule has 4 aliphatic heterocycles. The molecule has 19 heteroatoms. The zero-order chi connectivity index (χ0) is 53.0. The van der Waals surface area contributed by atoms with E-state index >= 15 is 0 Å². The summed E-state index contributed by atoms with van der Waals surface area (Å²) in [5, 5.41) is 7.73. The van der Waals surface area contributed by atoms with Gasteiger partial charge in [0.1, 0.15) is 29.5 Å². The van der Waals surface area contributed by atoms with Crippen LogP contribution in [0.2, 0.25) is 0 Å². The summed E-state index contributed by atoms with van der Waals surface area (Å²) in [5.41, 5.74) is 7.07. The normalized spacial score (nSPS) is 22.9. The Morgan fingerprint density at radius 2 is 1.61 bits per heavy atom. The van der Waals surface area contributed by atoms with Crippen molar-refractivity contribution in [2.75, 3.05) is 27.4 Å². The maximum atomic E-state index is 14.8. The van der Waals surface area contributed by atoms with Gasteiger partial charge in [-0.1, -0.05) is 33.8 Å². The van der Waals surface area contributed by atoms with Crippen molar-refractivity contribution >= 4 is 46.2 Å². The minimum atomic E-state index is -0.780. The maximum absolute atomic E-state index is 14.8. The lowest BCUT2D eigenvalue weighted by atomic mass is 9.82. The van der Waals surface area contributed by atoms with Crippen LogP contribution in [-0.2, 0) is 30.2 Å². The first-order valence-corrected chi connectivity index (χ1v) is 27.3. The molecule has 6 aromatic rings. The number of thiazole rings is 1. The number of aromatic nitrogens is 6. The number of carbonyl (C=O) groups excluding carboxylic acids is 4. The summed E-state index contributed by atoms with van der Waals surface area (Å²) >= 11 is 1.67. The molecule has 0 saturated carbocycles.